The number of carbonyl (C=O) groups is 4. The van der Waals surface area contributed by atoms with Crippen molar-refractivity contribution in [3.05, 3.63) is 0 Å². The number of amides is 4. The Hall–Kier alpha value is -2.84. The number of nitriles is 1. The number of alkyl halides is 3. The Kier molecular flexibility index (Phi) is 6.84. The lowest BCUT2D eigenvalue weighted by Gasteiger charge is -2.41. The lowest BCUT2D eigenvalue weighted by Crippen LogP contribution is -2.60. The topological polar surface area (TPSA) is 131 Å². The van der Waals surface area contributed by atoms with Gasteiger partial charge in [0.05, 0.1) is 6.07 Å². The molecule has 0 radical (unpaired) electrons. The second-order valence-electron chi connectivity index (χ2n) is 11.9. The van der Waals surface area contributed by atoms with E-state index in [1.54, 1.807) is 0 Å². The third kappa shape index (κ3) is 4.96. The van der Waals surface area contributed by atoms with E-state index in [2.05, 4.69) is 22.0 Å². The predicted molar refractivity (Wildman–Crippen MR) is 127 cm³/mol. The molecular weight excluding hydrogens is 503 g/mol. The summed E-state index contributed by atoms with van der Waals surface area (Å²) in [5.41, 5.74) is -2.50. The highest BCUT2D eigenvalue weighted by molar-refractivity contribution is 5.94. The summed E-state index contributed by atoms with van der Waals surface area (Å²) in [6, 6.07) is -0.893. The number of nitrogens with zero attached hydrogens (tertiary/aromatic N) is 2. The Labute approximate surface area is 219 Å². The maximum absolute atomic E-state index is 13.8. The van der Waals surface area contributed by atoms with Gasteiger partial charge in [-0.1, -0.05) is 12.8 Å². The van der Waals surface area contributed by atoms with Crippen molar-refractivity contribution >= 4 is 23.6 Å². The monoisotopic (exact) mass is 537 g/mol. The van der Waals surface area contributed by atoms with Crippen molar-refractivity contribution < 1.29 is 32.3 Å². The van der Waals surface area contributed by atoms with E-state index in [0.29, 0.717) is 38.6 Å². The van der Waals surface area contributed by atoms with Gasteiger partial charge in [0.2, 0.25) is 23.6 Å². The van der Waals surface area contributed by atoms with Crippen LogP contribution in [-0.2, 0) is 19.2 Å². The molecule has 1 spiro atoms. The van der Waals surface area contributed by atoms with Gasteiger partial charge in [0.25, 0.3) is 0 Å². The van der Waals surface area contributed by atoms with Crippen LogP contribution in [0.4, 0.5) is 13.2 Å². The van der Waals surface area contributed by atoms with Crippen LogP contribution >= 0.6 is 0 Å². The summed E-state index contributed by atoms with van der Waals surface area (Å²) < 4.78 is 40.8. The summed E-state index contributed by atoms with van der Waals surface area (Å²) in [7, 11) is 0. The molecule has 9 nitrogen and oxygen atoms in total. The Bertz CT molecular complexity index is 1050. The van der Waals surface area contributed by atoms with Gasteiger partial charge in [-0.2, -0.15) is 18.4 Å². The van der Waals surface area contributed by atoms with E-state index in [0.717, 1.165) is 12.8 Å². The van der Waals surface area contributed by atoms with Crippen LogP contribution in [0.25, 0.3) is 0 Å². The van der Waals surface area contributed by atoms with Crippen molar-refractivity contribution in [2.24, 2.45) is 22.7 Å². The van der Waals surface area contributed by atoms with E-state index in [1.807, 2.05) is 0 Å². The first-order valence-electron chi connectivity index (χ1n) is 13.6. The molecule has 0 aromatic heterocycles. The average Bonchev–Trinajstić information content (AvgIpc) is 3.79. The second-order valence-corrected chi connectivity index (χ2v) is 11.9. The van der Waals surface area contributed by atoms with E-state index >= 15 is 0 Å². The highest BCUT2D eigenvalue weighted by Crippen LogP contribution is 2.58. The van der Waals surface area contributed by atoms with Gasteiger partial charge in [-0.05, 0) is 69.1 Å². The van der Waals surface area contributed by atoms with E-state index in [4.69, 9.17) is 0 Å². The van der Waals surface area contributed by atoms with Crippen molar-refractivity contribution in [2.45, 2.75) is 94.9 Å². The van der Waals surface area contributed by atoms with Crippen molar-refractivity contribution in [3.8, 4) is 6.07 Å². The molecule has 0 aromatic rings. The predicted octanol–water partition coefficient (Wildman–Crippen LogP) is 1.92. The van der Waals surface area contributed by atoms with Crippen LogP contribution < -0.4 is 16.0 Å². The smallest absolute Gasteiger partial charge is 0.356 e. The summed E-state index contributed by atoms with van der Waals surface area (Å²) in [5, 5.41) is 17.7. The standard InChI is InChI=1S/C26H34F3N5O4/c27-26(28,29)25(7-8-25)23(38)33-18-4-2-1-3-15-14-31-20(35)17(15)11-16(13-30)32-21(36)19-12-24(5-6-24)9-10-34(19)22(18)37/h15-19H,1-12,14H2,(H,31,35)(H,32,36)(H,33,38)/t15-,16-,17-,18-,19-/m0/s1. The highest BCUT2D eigenvalue weighted by atomic mass is 19.4. The van der Waals surface area contributed by atoms with Crippen LogP contribution in [0.15, 0.2) is 0 Å². The molecule has 12 heteroatoms. The van der Waals surface area contributed by atoms with Gasteiger partial charge in [-0.15, -0.1) is 0 Å². The van der Waals surface area contributed by atoms with Gasteiger partial charge < -0.3 is 20.9 Å². The second kappa shape index (κ2) is 9.72. The molecule has 5 aliphatic rings. The maximum atomic E-state index is 13.8. The lowest BCUT2D eigenvalue weighted by molar-refractivity contribution is -0.193. The molecule has 3 aliphatic heterocycles. The third-order valence-corrected chi connectivity index (χ3v) is 9.48. The molecule has 38 heavy (non-hydrogen) atoms. The molecule has 3 heterocycles. The Balaban J connectivity index is 1.41. The van der Waals surface area contributed by atoms with Gasteiger partial charge in [0.1, 0.15) is 23.5 Å². The molecule has 0 bridgehead atoms. The quantitative estimate of drug-likeness (QED) is 0.495. The molecule has 5 atom stereocenters. The first kappa shape index (κ1) is 26.8. The number of carbonyl (C=O) groups excluding carboxylic acids is 4. The minimum Gasteiger partial charge on any atom is -0.356 e. The Morgan fingerprint density at radius 2 is 1.76 bits per heavy atom. The maximum Gasteiger partial charge on any atom is 0.403 e. The molecule has 0 aromatic carbocycles. The Morgan fingerprint density at radius 1 is 1.05 bits per heavy atom. The fourth-order valence-corrected chi connectivity index (χ4v) is 6.53. The number of halogens is 3. The zero-order valence-electron chi connectivity index (χ0n) is 21.2. The SMILES string of the molecule is N#C[C@@H]1C[C@@H]2C(=O)NC[C@@H]2CCCC[C@H](NC(=O)C2(C(F)(F)F)CC2)C(=O)N2CCC3(CC3)C[C@H]2C(=O)N1. The first-order valence-corrected chi connectivity index (χ1v) is 13.6. The van der Waals surface area contributed by atoms with Crippen molar-refractivity contribution in [3.63, 3.8) is 0 Å². The van der Waals surface area contributed by atoms with E-state index in [1.165, 1.54) is 4.90 Å². The molecule has 4 amide bonds. The molecule has 3 saturated heterocycles. The number of fused-ring (bicyclic) bond motifs is 2. The number of hydrogen-bond acceptors (Lipinski definition) is 5. The number of nitrogens with one attached hydrogen (secondary N) is 3. The molecule has 2 aliphatic carbocycles. The Morgan fingerprint density at radius 3 is 2.39 bits per heavy atom. The largest absolute Gasteiger partial charge is 0.403 e. The van der Waals surface area contributed by atoms with Crippen LogP contribution in [-0.4, -0.2) is 65.9 Å². The van der Waals surface area contributed by atoms with Crippen LogP contribution in [0, 0.1) is 34.0 Å². The molecule has 208 valence electrons. The summed E-state index contributed by atoms with van der Waals surface area (Å²) in [6.07, 6.45) is -0.347. The lowest BCUT2D eigenvalue weighted by atomic mass is 9.84. The minimum atomic E-state index is -4.70. The van der Waals surface area contributed by atoms with Crippen LogP contribution in [0.5, 0.6) is 0 Å². The highest BCUT2D eigenvalue weighted by Gasteiger charge is 2.68. The average molecular weight is 538 g/mol. The normalized spacial score (nSPS) is 34.6. The third-order valence-electron chi connectivity index (χ3n) is 9.48. The van der Waals surface area contributed by atoms with Crippen molar-refractivity contribution in [1.82, 2.24) is 20.9 Å². The van der Waals surface area contributed by atoms with Gasteiger partial charge in [-0.25, -0.2) is 0 Å². The molecule has 3 N–H and O–H groups in total. The van der Waals surface area contributed by atoms with Crippen molar-refractivity contribution in [1.29, 1.82) is 5.26 Å². The van der Waals surface area contributed by atoms with E-state index in [9.17, 15) is 37.6 Å². The first-order chi connectivity index (χ1) is 18.0. The van der Waals surface area contributed by atoms with Crippen molar-refractivity contribution in [2.75, 3.05) is 13.1 Å². The number of hydrogen-bond donors (Lipinski definition) is 3. The molecule has 2 saturated carbocycles. The fraction of sp³-hybridized carbons (Fsp3) is 0.808. The van der Waals surface area contributed by atoms with Crippen LogP contribution in [0.2, 0.25) is 0 Å². The van der Waals surface area contributed by atoms with Crippen LogP contribution in [0.3, 0.4) is 0 Å². The number of rotatable bonds is 2. The van der Waals surface area contributed by atoms with Gasteiger partial charge in [0, 0.05) is 19.0 Å². The van der Waals surface area contributed by atoms with Gasteiger partial charge in [-0.3, -0.25) is 19.2 Å². The molecule has 5 fully saturated rings. The number of piperidine rings is 1. The van der Waals surface area contributed by atoms with E-state index < -0.39 is 53.4 Å². The van der Waals surface area contributed by atoms with Crippen LogP contribution in [0.1, 0.15) is 70.6 Å². The zero-order chi connectivity index (χ0) is 27.3. The summed E-state index contributed by atoms with van der Waals surface area (Å²) in [4.78, 5) is 53.9. The summed E-state index contributed by atoms with van der Waals surface area (Å²) >= 11 is 0. The summed E-state index contributed by atoms with van der Waals surface area (Å²) in [5.74, 6) is -2.87. The molecular formula is C26H34F3N5O4. The fourth-order valence-electron chi connectivity index (χ4n) is 6.53. The molecule has 5 rings (SSSR count). The molecule has 0 unspecified atom stereocenters. The zero-order valence-corrected chi connectivity index (χ0v) is 21.2. The summed E-state index contributed by atoms with van der Waals surface area (Å²) in [6.45, 7) is 0.708. The minimum absolute atomic E-state index is 0.0457. The van der Waals surface area contributed by atoms with Gasteiger partial charge >= 0.3 is 6.18 Å². The van der Waals surface area contributed by atoms with E-state index in [-0.39, 0.29) is 49.5 Å². The van der Waals surface area contributed by atoms with Gasteiger partial charge in [0.15, 0.2) is 0 Å².